The molecule has 1 heterocycles. The maximum absolute atomic E-state index is 13.2. The lowest BCUT2D eigenvalue weighted by atomic mass is 10.2. The molecule has 2 aromatic rings. The molecule has 0 saturated carbocycles. The molecule has 0 saturated heterocycles. The Morgan fingerprint density at radius 1 is 1.19 bits per heavy atom. The Morgan fingerprint density at radius 2 is 1.93 bits per heavy atom. The number of aliphatic imine (C=N–C) groups is 1. The quantitative estimate of drug-likeness (QED) is 0.798. The summed E-state index contributed by atoms with van der Waals surface area (Å²) in [6, 6.07) is 13.5. The minimum absolute atomic E-state index is 0.0385. The highest BCUT2D eigenvalue weighted by Crippen LogP contribution is 2.34. The molecule has 1 aliphatic heterocycles. The van der Waals surface area contributed by atoms with Crippen molar-refractivity contribution in [2.24, 2.45) is 10.7 Å². The van der Waals surface area contributed by atoms with E-state index in [-0.39, 0.29) is 30.4 Å². The Hall–Kier alpha value is -2.32. The van der Waals surface area contributed by atoms with E-state index in [9.17, 15) is 14.0 Å². The third-order valence-electron chi connectivity index (χ3n) is 3.89. The van der Waals surface area contributed by atoms with Gasteiger partial charge in [0.2, 0.25) is 11.8 Å². The average Bonchev–Trinajstić information content (AvgIpc) is 2.67. The molecule has 27 heavy (non-hydrogen) atoms. The Kier molecular flexibility index (Phi) is 6.52. The minimum atomic E-state index is -0.494. The summed E-state index contributed by atoms with van der Waals surface area (Å²) in [5.74, 6) is -0.0765. The van der Waals surface area contributed by atoms with Crippen LogP contribution in [-0.4, -0.2) is 28.5 Å². The lowest BCUT2D eigenvalue weighted by molar-refractivity contribution is -0.118. The van der Waals surface area contributed by atoms with Crippen LogP contribution >= 0.6 is 23.5 Å². The van der Waals surface area contributed by atoms with Gasteiger partial charge in [0.25, 0.3) is 0 Å². The summed E-state index contributed by atoms with van der Waals surface area (Å²) in [6.45, 7) is 0.156. The zero-order chi connectivity index (χ0) is 19.2. The molecule has 0 bridgehead atoms. The lowest BCUT2D eigenvalue weighted by Gasteiger charge is -2.22. The predicted molar refractivity (Wildman–Crippen MR) is 110 cm³/mol. The number of para-hydroxylation sites is 1. The van der Waals surface area contributed by atoms with Gasteiger partial charge in [0.05, 0.1) is 11.4 Å². The van der Waals surface area contributed by atoms with E-state index < -0.39 is 5.91 Å². The number of nitrogens with zero attached hydrogens (tertiary/aromatic N) is 2. The first-order valence-corrected chi connectivity index (χ1v) is 10.3. The van der Waals surface area contributed by atoms with Gasteiger partial charge in [-0.3, -0.25) is 9.59 Å². The highest BCUT2D eigenvalue weighted by molar-refractivity contribution is 8.38. The van der Waals surface area contributed by atoms with Crippen LogP contribution in [-0.2, 0) is 15.3 Å². The molecule has 2 amide bonds. The van der Waals surface area contributed by atoms with Crippen LogP contribution < -0.4 is 10.6 Å². The van der Waals surface area contributed by atoms with Crippen LogP contribution in [0.15, 0.2) is 53.5 Å². The molecule has 0 aromatic heterocycles. The number of benzene rings is 2. The third-order valence-corrected chi connectivity index (χ3v) is 6.12. The van der Waals surface area contributed by atoms with Crippen molar-refractivity contribution in [2.45, 2.75) is 12.2 Å². The monoisotopic (exact) mass is 403 g/mol. The van der Waals surface area contributed by atoms with Crippen LogP contribution in [0.2, 0.25) is 0 Å². The van der Waals surface area contributed by atoms with Gasteiger partial charge in [-0.15, -0.1) is 0 Å². The van der Waals surface area contributed by atoms with E-state index in [0.29, 0.717) is 5.69 Å². The largest absolute Gasteiger partial charge is 0.370 e. The van der Waals surface area contributed by atoms with Gasteiger partial charge < -0.3 is 10.6 Å². The van der Waals surface area contributed by atoms with E-state index in [1.54, 1.807) is 11.8 Å². The molecule has 140 valence electrons. The number of anilines is 1. The van der Waals surface area contributed by atoms with Crippen LogP contribution in [0, 0.1) is 5.82 Å². The zero-order valence-electron chi connectivity index (χ0n) is 14.4. The molecule has 0 atom stereocenters. The van der Waals surface area contributed by atoms with E-state index in [0.717, 1.165) is 15.8 Å². The van der Waals surface area contributed by atoms with Crippen LogP contribution in [0.5, 0.6) is 0 Å². The molecule has 8 heteroatoms. The maximum atomic E-state index is 13.2. The van der Waals surface area contributed by atoms with E-state index in [1.807, 2.05) is 24.3 Å². The molecule has 0 spiro atoms. The first-order chi connectivity index (χ1) is 13.0. The number of rotatable bonds is 6. The van der Waals surface area contributed by atoms with Gasteiger partial charge in [-0.2, -0.15) is 0 Å². The molecular weight excluding hydrogens is 385 g/mol. The van der Waals surface area contributed by atoms with Crippen LogP contribution in [0.25, 0.3) is 0 Å². The number of amides is 2. The van der Waals surface area contributed by atoms with E-state index in [4.69, 9.17) is 5.73 Å². The smallest absolute Gasteiger partial charge is 0.237 e. The van der Waals surface area contributed by atoms with Crippen molar-refractivity contribution >= 4 is 51.1 Å². The Labute approximate surface area is 165 Å². The van der Waals surface area contributed by atoms with Crippen molar-refractivity contribution in [3.8, 4) is 0 Å². The molecule has 0 radical (unpaired) electrons. The van der Waals surface area contributed by atoms with Crippen LogP contribution in [0.4, 0.5) is 15.8 Å². The van der Waals surface area contributed by atoms with Gasteiger partial charge >= 0.3 is 0 Å². The van der Waals surface area contributed by atoms with Crippen molar-refractivity contribution < 1.29 is 14.0 Å². The van der Waals surface area contributed by atoms with Gasteiger partial charge in [-0.25, -0.2) is 9.38 Å². The minimum Gasteiger partial charge on any atom is -0.370 e. The highest BCUT2D eigenvalue weighted by atomic mass is 32.2. The van der Waals surface area contributed by atoms with Gasteiger partial charge in [-0.1, -0.05) is 41.7 Å². The number of halogens is 1. The molecule has 2 N–H and O–H groups in total. The fourth-order valence-corrected chi connectivity index (χ4v) is 4.47. The second-order valence-electron chi connectivity index (χ2n) is 5.82. The van der Waals surface area contributed by atoms with E-state index in [1.165, 1.54) is 46.5 Å². The van der Waals surface area contributed by atoms with E-state index >= 15 is 0 Å². The summed E-state index contributed by atoms with van der Waals surface area (Å²) in [6.07, 6.45) is 0.0385. The molecule has 5 nitrogen and oxygen atoms in total. The number of nitrogens with two attached hydrogens (primary N) is 1. The second kappa shape index (κ2) is 9.05. The summed E-state index contributed by atoms with van der Waals surface area (Å²) >= 11 is 2.96. The molecular formula is C19H18FN3O2S2. The number of hydrogen-bond donors (Lipinski definition) is 1. The molecule has 0 fully saturated rings. The zero-order valence-corrected chi connectivity index (χ0v) is 16.1. The fourth-order valence-electron chi connectivity index (χ4n) is 2.53. The summed E-state index contributed by atoms with van der Waals surface area (Å²) < 4.78 is 14.0. The van der Waals surface area contributed by atoms with Crippen molar-refractivity contribution in [1.82, 2.24) is 0 Å². The average molecular weight is 404 g/mol. The summed E-state index contributed by atoms with van der Waals surface area (Å²) in [5, 5.41) is 0. The van der Waals surface area contributed by atoms with Gasteiger partial charge in [-0.05, 0) is 35.9 Å². The van der Waals surface area contributed by atoms with Gasteiger partial charge in [0.1, 0.15) is 10.2 Å². The molecule has 0 aliphatic carbocycles. The summed E-state index contributed by atoms with van der Waals surface area (Å²) in [4.78, 5) is 29.9. The van der Waals surface area contributed by atoms with Gasteiger partial charge in [0, 0.05) is 24.4 Å². The Balaban J connectivity index is 1.68. The van der Waals surface area contributed by atoms with Crippen molar-refractivity contribution in [1.29, 1.82) is 0 Å². The SMILES string of the molecule is NC(=O)CCN(C(=O)CSC1=Nc2ccccc2CS1)c1ccc(F)cc1. The molecule has 0 unspecified atom stereocenters. The normalized spacial score (nSPS) is 12.9. The number of thioether (sulfide) groups is 2. The van der Waals surface area contributed by atoms with Crippen LogP contribution in [0.3, 0.4) is 0 Å². The number of fused-ring (bicyclic) bond motifs is 1. The maximum Gasteiger partial charge on any atom is 0.237 e. The van der Waals surface area contributed by atoms with Crippen molar-refractivity contribution in [3.63, 3.8) is 0 Å². The predicted octanol–water partition coefficient (Wildman–Crippen LogP) is 3.70. The Bertz CT molecular complexity index is 872. The topological polar surface area (TPSA) is 75.8 Å². The van der Waals surface area contributed by atoms with Crippen molar-refractivity contribution in [2.75, 3.05) is 17.2 Å². The van der Waals surface area contributed by atoms with Gasteiger partial charge in [0.15, 0.2) is 0 Å². The number of primary amides is 1. The standard InChI is InChI=1S/C19H18FN3O2S2/c20-14-5-7-15(8-6-14)23(10-9-17(21)24)18(25)12-27-19-22-16-4-2-1-3-13(16)11-26-19/h1-8H,9-12H2,(H2,21,24). The van der Waals surface area contributed by atoms with Crippen molar-refractivity contribution in [3.05, 3.63) is 59.9 Å². The molecule has 3 rings (SSSR count). The first kappa shape index (κ1) is 19.4. The molecule has 2 aromatic carbocycles. The highest BCUT2D eigenvalue weighted by Gasteiger charge is 2.19. The first-order valence-electron chi connectivity index (χ1n) is 8.29. The number of carbonyl (C=O) groups excluding carboxylic acids is 2. The number of hydrogen-bond acceptors (Lipinski definition) is 5. The summed E-state index contributed by atoms with van der Waals surface area (Å²) in [5.41, 5.74) is 7.85. The fraction of sp³-hybridized carbons (Fsp3) is 0.211. The van der Waals surface area contributed by atoms with E-state index in [2.05, 4.69) is 4.99 Å². The Morgan fingerprint density at radius 3 is 2.67 bits per heavy atom. The lowest BCUT2D eigenvalue weighted by Crippen LogP contribution is -2.35. The van der Waals surface area contributed by atoms with Crippen LogP contribution in [0.1, 0.15) is 12.0 Å². The molecule has 1 aliphatic rings. The summed E-state index contributed by atoms with van der Waals surface area (Å²) in [7, 11) is 0. The number of carbonyl (C=O) groups is 2. The second-order valence-corrected chi connectivity index (χ2v) is 8.01. The third kappa shape index (κ3) is 5.33.